The molecule has 0 aromatic carbocycles. The Labute approximate surface area is 615 Å². The maximum Gasteiger partial charge on any atom is 0.171 e. The molecule has 24 atom stereocenters. The summed E-state index contributed by atoms with van der Waals surface area (Å²) >= 11 is 21.9. The van der Waals surface area contributed by atoms with Crippen molar-refractivity contribution in [3.8, 4) is 0 Å². The molecule has 24 heterocycles. The summed E-state index contributed by atoms with van der Waals surface area (Å²) in [7, 11) is 0. The van der Waals surface area contributed by atoms with Gasteiger partial charge in [-0.15, -0.1) is 0 Å². The van der Waals surface area contributed by atoms with Crippen LogP contribution < -0.4 is 0 Å². The minimum Gasteiger partial charge on any atom is -0.351 e. The summed E-state index contributed by atoms with van der Waals surface area (Å²) in [6.45, 7) is 6.28. The van der Waals surface area contributed by atoms with Gasteiger partial charge in [-0.05, 0) is 0 Å². The van der Waals surface area contributed by atoms with E-state index in [-0.39, 0.29) is 149 Å². The average molecular weight is 1590 g/mol. The van der Waals surface area contributed by atoms with Gasteiger partial charge in [0.05, 0.1) is 91.1 Å². The molecule has 24 aliphatic rings. The first kappa shape index (κ1) is 77.4. The second kappa shape index (κ2) is 42.8. The Morgan fingerprint density at radius 2 is 0.271 bits per heavy atom. The summed E-state index contributed by atoms with van der Waals surface area (Å²) in [6, 6.07) is 0. The Morgan fingerprint density at radius 3 is 0.417 bits per heavy atom. The molecule has 0 radical (unpaired) electrons. The molecule has 552 valence electrons. The highest BCUT2D eigenvalue weighted by atomic mass is 32.2. The van der Waals surface area contributed by atoms with Crippen LogP contribution in [-0.2, 0) is 114 Å². The molecule has 36 heteroatoms. The van der Waals surface area contributed by atoms with Gasteiger partial charge in [-0.25, -0.2) is 0 Å². The van der Waals surface area contributed by atoms with E-state index in [1.165, 1.54) is 0 Å². The van der Waals surface area contributed by atoms with Gasteiger partial charge in [-0.1, -0.05) is 0 Å². The monoisotopic (exact) mass is 1580 g/mol. The Kier molecular flexibility index (Phi) is 34.5. The molecule has 0 spiro atoms. The number of hydrogen-bond acceptors (Lipinski definition) is 36. The van der Waals surface area contributed by atoms with Crippen molar-refractivity contribution in [2.45, 2.75) is 137 Å². The molecule has 24 nitrogen and oxygen atoms in total. The second-order valence-electron chi connectivity index (χ2n) is 24.3. The van der Waals surface area contributed by atoms with Crippen LogP contribution in [0.15, 0.2) is 0 Å². The molecule has 0 N–H and O–H groups in total. The van der Waals surface area contributed by atoms with Crippen LogP contribution in [0, 0.1) is 11.8 Å². The zero-order valence-electron chi connectivity index (χ0n) is 54.0. The van der Waals surface area contributed by atoms with Crippen LogP contribution in [0.5, 0.6) is 0 Å². The van der Waals surface area contributed by atoms with E-state index >= 15 is 0 Å². The summed E-state index contributed by atoms with van der Waals surface area (Å²) in [5.74, 6) is 20.6. The van der Waals surface area contributed by atoms with E-state index in [1.807, 2.05) is 141 Å². The zero-order chi connectivity index (χ0) is 64.8. The fourth-order valence-electron chi connectivity index (χ4n) is 11.9. The smallest absolute Gasteiger partial charge is 0.171 e. The predicted octanol–water partition coefficient (Wildman–Crippen LogP) is 6.11. The van der Waals surface area contributed by atoms with Crippen molar-refractivity contribution in [2.75, 3.05) is 217 Å². The van der Waals surface area contributed by atoms with E-state index in [0.717, 1.165) is 138 Å². The topological polar surface area (TPSA) is 222 Å². The highest BCUT2D eigenvalue weighted by Gasteiger charge is 2.45. The molecule has 0 unspecified atom stereocenters. The predicted molar refractivity (Wildman–Crippen MR) is 383 cm³/mol. The maximum atomic E-state index is 6.30. The summed E-state index contributed by atoms with van der Waals surface area (Å²) in [5.41, 5.74) is 0. The molecule has 0 aromatic heterocycles. The van der Waals surface area contributed by atoms with Gasteiger partial charge in [-0.3, -0.25) is 0 Å². The van der Waals surface area contributed by atoms with Gasteiger partial charge in [0, 0.05) is 138 Å². The molecule has 0 aromatic rings. The van der Waals surface area contributed by atoms with Gasteiger partial charge in [0.2, 0.25) is 0 Å². The lowest BCUT2D eigenvalue weighted by Crippen LogP contribution is -2.54. The Bertz CT molecular complexity index is 2050. The van der Waals surface area contributed by atoms with E-state index in [2.05, 4.69) is 0 Å². The lowest BCUT2D eigenvalue weighted by molar-refractivity contribution is -0.370. The second-order valence-corrected chi connectivity index (χ2v) is 38.0. The molecular weight excluding hydrogens is 1490 g/mol. The maximum absolute atomic E-state index is 6.30. The lowest BCUT2D eigenvalue weighted by Gasteiger charge is -2.41. The first-order chi connectivity index (χ1) is 47.5. The van der Waals surface area contributed by atoms with Crippen molar-refractivity contribution in [3.05, 3.63) is 0 Å². The van der Waals surface area contributed by atoms with E-state index < -0.39 is 0 Å². The molecule has 24 aliphatic heterocycles. The van der Waals surface area contributed by atoms with Crippen LogP contribution in [0.4, 0.5) is 0 Å². The van der Waals surface area contributed by atoms with E-state index in [1.54, 1.807) is 0 Å². The minimum atomic E-state index is -0.326. The van der Waals surface area contributed by atoms with Gasteiger partial charge < -0.3 is 114 Å². The third kappa shape index (κ3) is 25.1. The zero-order valence-corrected chi connectivity index (χ0v) is 63.8. The highest BCUT2D eigenvalue weighted by molar-refractivity contribution is 8.05. The van der Waals surface area contributed by atoms with Gasteiger partial charge in [0.15, 0.2) is 88.1 Å². The van der Waals surface area contributed by atoms with E-state index in [4.69, 9.17) is 114 Å². The summed E-state index contributed by atoms with van der Waals surface area (Å²) in [4.78, 5) is 0. The fourth-order valence-corrected chi connectivity index (χ4v) is 23.9. The van der Waals surface area contributed by atoms with Crippen LogP contribution in [0.2, 0.25) is 0 Å². The third-order valence-electron chi connectivity index (χ3n) is 17.0. The standard InChI is InChI=1S/C60H96O24S12/c1-3-87-27-49-67-19-43-41(75-49)21-69-51(77-43)29-89-5-9-93-33-55-61-13-37-15-63-57(83-59(37)81-55)35-95-11-7-91-31-53-71-23-46-45(79-53)24-72-54(80-46)32-92-8-12-96-36-58-64-16-38-14-62-56(82-60(38)84-58)34-94-10-6-90-30-52-70-22-42-44(78-52)20-68-50(76-42)28-88-4-2-86-26-48-66-18-39-40(74-48)17-65-47(73-39)25-85-1/h37-60H,1-36H2/t37-,38+,39-,40-,41-,42+,43-,44+,45-,46-,47+,48+,49-,50+,51-,52+,53-,54-,55+,56-,57-,58+,59+,60-/m0/s1. The molecular formula is C60H96O24S12. The van der Waals surface area contributed by atoms with Crippen LogP contribution in [-0.4, -0.2) is 354 Å². The molecule has 22 bridgehead atoms. The molecule has 24 saturated heterocycles. The number of fused-ring (bicyclic) bond motifs is 2. The first-order valence-electron chi connectivity index (χ1n) is 33.7. The van der Waals surface area contributed by atoms with Crippen molar-refractivity contribution in [1.29, 1.82) is 0 Å². The molecule has 24 fully saturated rings. The minimum absolute atomic E-state index is 0.0683. The SMILES string of the molecule is C1CSC[C@H]2OC[C@@H]3O[C@@H](CSCCSC[C@H]4OC[C@@H]5CO[C@@H](CSCCSC[C@H]6OC[C@@H]7O[C@@H](CSCCSC[C@@H]8OC[C@@H]9O[C@H](CSCCSC[C@@H]%10OC[C@H]%11O[C@H](CSCCSC[C@H]%12OC[C@@H]%13CO[C@@H](CS1)O[C@@H]%13O%12)OC[C@H]%11O%10)OC[C@@H]9O8)OC[C@@H]7O6)O[C@@H]5O4)OC[C@@H]3O2. The molecule has 0 aliphatic carbocycles. The van der Waals surface area contributed by atoms with E-state index in [9.17, 15) is 0 Å². The third-order valence-corrected chi connectivity index (χ3v) is 30.6. The van der Waals surface area contributed by atoms with Gasteiger partial charge >= 0.3 is 0 Å². The van der Waals surface area contributed by atoms with Crippen molar-refractivity contribution in [1.82, 2.24) is 0 Å². The molecule has 24 rings (SSSR count). The van der Waals surface area contributed by atoms with Gasteiger partial charge in [0.1, 0.15) is 48.8 Å². The average Bonchev–Trinajstić information content (AvgIpc) is 1.27. The van der Waals surface area contributed by atoms with Crippen molar-refractivity contribution in [3.63, 3.8) is 0 Å². The highest BCUT2D eigenvalue weighted by Crippen LogP contribution is 2.35. The summed E-state index contributed by atoms with van der Waals surface area (Å²) in [5, 5.41) is 0. The van der Waals surface area contributed by atoms with Gasteiger partial charge in [-0.2, -0.15) is 141 Å². The van der Waals surface area contributed by atoms with Crippen LogP contribution >= 0.6 is 141 Å². The fraction of sp³-hybridized carbons (Fsp3) is 1.00. The first-order valence-corrected chi connectivity index (χ1v) is 47.5. The van der Waals surface area contributed by atoms with Crippen LogP contribution in [0.1, 0.15) is 0 Å². The quantitative estimate of drug-likeness (QED) is 0.267. The van der Waals surface area contributed by atoms with Crippen molar-refractivity contribution in [2.24, 2.45) is 11.8 Å². The number of hydrogen-bond donors (Lipinski definition) is 0. The van der Waals surface area contributed by atoms with E-state index in [0.29, 0.717) is 79.3 Å². The van der Waals surface area contributed by atoms with Crippen LogP contribution in [0.3, 0.4) is 0 Å². The Morgan fingerprint density at radius 1 is 0.146 bits per heavy atom. The summed E-state index contributed by atoms with van der Waals surface area (Å²) in [6.07, 6.45) is -5.21. The summed E-state index contributed by atoms with van der Waals surface area (Å²) < 4.78 is 148. The van der Waals surface area contributed by atoms with Crippen molar-refractivity contribution >= 4 is 141 Å². The van der Waals surface area contributed by atoms with Gasteiger partial charge in [0.25, 0.3) is 0 Å². The van der Waals surface area contributed by atoms with Crippen LogP contribution in [0.25, 0.3) is 0 Å². The molecule has 0 saturated carbocycles. The number of rotatable bonds is 0. The number of ether oxygens (including phenoxy) is 24. The van der Waals surface area contributed by atoms with Crippen molar-refractivity contribution < 1.29 is 114 Å². The number of thioether (sulfide) groups is 12. The molecule has 96 heavy (non-hydrogen) atoms. The Hall–Kier alpha value is 3.24. The Balaban J connectivity index is 0.490. The lowest BCUT2D eigenvalue weighted by atomic mass is 10.1. The largest absolute Gasteiger partial charge is 0.351 e. The molecule has 0 amide bonds. The normalized spacial score (nSPS) is 45.0.